The van der Waals surface area contributed by atoms with E-state index in [-0.39, 0.29) is 0 Å². The number of rotatable bonds is 3. The van der Waals surface area contributed by atoms with Crippen LogP contribution in [0.5, 0.6) is 0 Å². The van der Waals surface area contributed by atoms with Crippen molar-refractivity contribution < 1.29 is 4.42 Å². The van der Waals surface area contributed by atoms with Crippen LogP contribution in [0.4, 0.5) is 0 Å². The fraction of sp³-hybridized carbons (Fsp3) is 0. The van der Waals surface area contributed by atoms with Crippen molar-refractivity contribution in [1.82, 2.24) is 0 Å². The van der Waals surface area contributed by atoms with Crippen molar-refractivity contribution in [1.29, 1.82) is 0 Å². The average Bonchev–Trinajstić information content (AvgIpc) is 3.81. The van der Waals surface area contributed by atoms with E-state index in [1.54, 1.807) is 0 Å². The molecule has 0 aliphatic rings. The van der Waals surface area contributed by atoms with Gasteiger partial charge in [0, 0.05) is 26.2 Å². The summed E-state index contributed by atoms with van der Waals surface area (Å²) in [5.74, 6) is 0. The predicted molar refractivity (Wildman–Crippen MR) is 233 cm³/mol. The standard InChI is InChI=1S/C52H30OS/c1-2-12-31(13-3-1)48-39-17-6-8-19-41(39)49(42-20-9-7-18-40(42)48)35-25-23-32-28-34(24-22-33(32)29-35)45-30-47-50(38-16-5-4-14-36(38)45)44-27-26-43-37-15-10-11-21-46(37)53-51(43)52(44)54-47/h1-30H. The van der Waals surface area contributed by atoms with E-state index in [4.69, 9.17) is 4.42 Å². The van der Waals surface area contributed by atoms with Crippen LogP contribution >= 0.6 is 11.3 Å². The Balaban J connectivity index is 1.04. The van der Waals surface area contributed by atoms with Crippen molar-refractivity contribution in [2.24, 2.45) is 0 Å². The van der Waals surface area contributed by atoms with Gasteiger partial charge in [-0.25, -0.2) is 0 Å². The number of benzene rings is 10. The third kappa shape index (κ3) is 4.26. The zero-order valence-corrected chi connectivity index (χ0v) is 30.0. The highest BCUT2D eigenvalue weighted by Gasteiger charge is 2.19. The largest absolute Gasteiger partial charge is 0.455 e. The van der Waals surface area contributed by atoms with Gasteiger partial charge in [-0.1, -0.05) is 152 Å². The number of thiophene rings is 1. The lowest BCUT2D eigenvalue weighted by molar-refractivity contribution is 0.673. The van der Waals surface area contributed by atoms with Gasteiger partial charge in [-0.2, -0.15) is 0 Å². The minimum Gasteiger partial charge on any atom is -0.455 e. The lowest BCUT2D eigenvalue weighted by Gasteiger charge is -2.18. The molecular weight excluding hydrogens is 673 g/mol. The second kappa shape index (κ2) is 11.4. The SMILES string of the molecule is c1ccc(-c2c3ccccc3c(-c3ccc4cc(-c5cc6sc7c(ccc8c9ccccc9oc87)c6c6ccccc56)ccc4c3)c3ccccc23)cc1. The van der Waals surface area contributed by atoms with Crippen LogP contribution in [0.15, 0.2) is 186 Å². The molecule has 0 fully saturated rings. The molecule has 2 aromatic heterocycles. The van der Waals surface area contributed by atoms with Gasteiger partial charge in [0.2, 0.25) is 0 Å². The predicted octanol–water partition coefficient (Wildman–Crippen LogP) is 15.6. The quantitative estimate of drug-likeness (QED) is 0.167. The summed E-state index contributed by atoms with van der Waals surface area (Å²) in [6.07, 6.45) is 0. The van der Waals surface area contributed by atoms with Gasteiger partial charge in [0.25, 0.3) is 0 Å². The van der Waals surface area contributed by atoms with E-state index < -0.39 is 0 Å². The van der Waals surface area contributed by atoms with Gasteiger partial charge in [-0.3, -0.25) is 0 Å². The first kappa shape index (κ1) is 29.8. The molecule has 0 amide bonds. The number of furan rings is 1. The summed E-state index contributed by atoms with van der Waals surface area (Å²) in [6, 6.07) is 66.7. The Morgan fingerprint density at radius 1 is 0.352 bits per heavy atom. The summed E-state index contributed by atoms with van der Waals surface area (Å²) >= 11 is 1.84. The highest BCUT2D eigenvalue weighted by molar-refractivity contribution is 7.26. The van der Waals surface area contributed by atoms with Gasteiger partial charge in [0.15, 0.2) is 5.58 Å². The van der Waals surface area contributed by atoms with Crippen molar-refractivity contribution in [3.63, 3.8) is 0 Å². The van der Waals surface area contributed by atoms with Crippen LogP contribution in [0.2, 0.25) is 0 Å². The molecule has 1 nitrogen and oxygen atoms in total. The summed E-state index contributed by atoms with van der Waals surface area (Å²) in [5, 5.41) is 15.0. The van der Waals surface area contributed by atoms with Crippen LogP contribution in [0.25, 0.3) is 119 Å². The molecule has 0 spiro atoms. The Kier molecular flexibility index (Phi) is 6.28. The molecule has 12 aromatic rings. The normalized spacial score (nSPS) is 12.1. The summed E-state index contributed by atoms with van der Waals surface area (Å²) < 4.78 is 8.99. The van der Waals surface area contributed by atoms with Crippen LogP contribution in [0.1, 0.15) is 0 Å². The molecule has 250 valence electrons. The van der Waals surface area contributed by atoms with Crippen LogP contribution in [-0.4, -0.2) is 0 Å². The van der Waals surface area contributed by atoms with Crippen LogP contribution < -0.4 is 0 Å². The third-order valence-corrected chi connectivity index (χ3v) is 12.6. The molecule has 0 atom stereocenters. The van der Waals surface area contributed by atoms with Gasteiger partial charge >= 0.3 is 0 Å². The monoisotopic (exact) mass is 702 g/mol. The molecule has 2 heterocycles. The summed E-state index contributed by atoms with van der Waals surface area (Å²) in [7, 11) is 0. The van der Waals surface area contributed by atoms with Gasteiger partial charge < -0.3 is 4.42 Å². The molecule has 10 aromatic carbocycles. The molecule has 12 rings (SSSR count). The van der Waals surface area contributed by atoms with Crippen molar-refractivity contribution in [3.8, 4) is 33.4 Å². The molecule has 0 aliphatic heterocycles. The second-order valence-corrected chi connectivity index (χ2v) is 15.4. The van der Waals surface area contributed by atoms with Crippen LogP contribution in [-0.2, 0) is 0 Å². The Morgan fingerprint density at radius 3 is 1.59 bits per heavy atom. The molecular formula is C52H30OS. The third-order valence-electron chi connectivity index (χ3n) is 11.4. The lowest BCUT2D eigenvalue weighted by Crippen LogP contribution is -1.91. The van der Waals surface area contributed by atoms with Crippen molar-refractivity contribution in [3.05, 3.63) is 182 Å². The average molecular weight is 703 g/mol. The van der Waals surface area contributed by atoms with Gasteiger partial charge in [-0.05, 0) is 107 Å². The maximum Gasteiger partial charge on any atom is 0.153 e. The van der Waals surface area contributed by atoms with Crippen molar-refractivity contribution in [2.45, 2.75) is 0 Å². The molecule has 0 N–H and O–H groups in total. The number of hydrogen-bond acceptors (Lipinski definition) is 2. The number of hydrogen-bond donors (Lipinski definition) is 0. The Labute approximate surface area is 314 Å². The first-order valence-electron chi connectivity index (χ1n) is 18.5. The smallest absolute Gasteiger partial charge is 0.153 e. The maximum atomic E-state index is 6.50. The van der Waals surface area contributed by atoms with Crippen LogP contribution in [0, 0.1) is 0 Å². The molecule has 0 saturated heterocycles. The van der Waals surface area contributed by atoms with E-state index in [0.717, 1.165) is 11.2 Å². The molecule has 2 heteroatoms. The highest BCUT2D eigenvalue weighted by atomic mass is 32.1. The fourth-order valence-electron chi connectivity index (χ4n) is 9.04. The van der Waals surface area contributed by atoms with E-state index in [1.807, 2.05) is 17.4 Å². The number of para-hydroxylation sites is 1. The zero-order valence-electron chi connectivity index (χ0n) is 29.1. The molecule has 0 bridgehead atoms. The lowest BCUT2D eigenvalue weighted by atomic mass is 9.85. The summed E-state index contributed by atoms with van der Waals surface area (Å²) in [6.45, 7) is 0. The van der Waals surface area contributed by atoms with E-state index in [2.05, 4.69) is 176 Å². The fourth-order valence-corrected chi connectivity index (χ4v) is 10.3. The number of fused-ring (bicyclic) bond motifs is 12. The first-order chi connectivity index (χ1) is 26.8. The van der Waals surface area contributed by atoms with Gasteiger partial charge in [0.05, 0.1) is 4.70 Å². The minimum absolute atomic E-state index is 0.938. The van der Waals surface area contributed by atoms with E-state index in [9.17, 15) is 0 Å². The van der Waals surface area contributed by atoms with Crippen molar-refractivity contribution in [2.75, 3.05) is 0 Å². The molecule has 0 aliphatic carbocycles. The van der Waals surface area contributed by atoms with E-state index >= 15 is 0 Å². The molecule has 0 radical (unpaired) electrons. The van der Waals surface area contributed by atoms with E-state index in [1.165, 1.54) is 107 Å². The van der Waals surface area contributed by atoms with Gasteiger partial charge in [0.1, 0.15) is 5.58 Å². The Hall–Kier alpha value is -6.74. The highest BCUT2D eigenvalue weighted by Crippen LogP contribution is 2.48. The Bertz CT molecular complexity index is 3440. The zero-order chi connectivity index (χ0) is 35.3. The Morgan fingerprint density at radius 2 is 0.889 bits per heavy atom. The summed E-state index contributed by atoms with van der Waals surface area (Å²) in [4.78, 5) is 0. The molecule has 0 unspecified atom stereocenters. The first-order valence-corrected chi connectivity index (χ1v) is 19.3. The minimum atomic E-state index is 0.938. The molecule has 54 heavy (non-hydrogen) atoms. The topological polar surface area (TPSA) is 13.1 Å². The molecule has 0 saturated carbocycles. The summed E-state index contributed by atoms with van der Waals surface area (Å²) in [5.41, 5.74) is 9.45. The van der Waals surface area contributed by atoms with E-state index in [0.29, 0.717) is 0 Å². The van der Waals surface area contributed by atoms with Crippen LogP contribution in [0.3, 0.4) is 0 Å². The van der Waals surface area contributed by atoms with Crippen molar-refractivity contribution >= 4 is 96.5 Å². The maximum absolute atomic E-state index is 6.50. The second-order valence-electron chi connectivity index (χ2n) is 14.3. The van der Waals surface area contributed by atoms with Gasteiger partial charge in [-0.15, -0.1) is 11.3 Å².